The van der Waals surface area contributed by atoms with Gasteiger partial charge in [0.1, 0.15) is 0 Å². The van der Waals surface area contributed by atoms with Crippen molar-refractivity contribution in [1.82, 2.24) is 10.3 Å². The van der Waals surface area contributed by atoms with Gasteiger partial charge in [0.2, 0.25) is 0 Å². The standard InChI is InChI=1S/C7H7BN2O3/c11-7-5-1-4(8(12)13)2-9-6(5)3-10-7/h1-2,12-13H,3H2,(H,10,11). The third-order valence-corrected chi connectivity index (χ3v) is 1.95. The Labute approximate surface area is 74.6 Å². The zero-order chi connectivity index (χ0) is 9.42. The lowest BCUT2D eigenvalue weighted by Gasteiger charge is -1.99. The molecule has 0 saturated carbocycles. The second kappa shape index (κ2) is 2.83. The number of nitrogens with zero attached hydrogens (tertiary/aromatic N) is 1. The average molecular weight is 178 g/mol. The molecule has 0 fully saturated rings. The molecule has 66 valence electrons. The van der Waals surface area contributed by atoms with Crippen molar-refractivity contribution in [3.8, 4) is 0 Å². The van der Waals surface area contributed by atoms with Crippen molar-refractivity contribution in [3.05, 3.63) is 23.5 Å². The van der Waals surface area contributed by atoms with E-state index in [1.807, 2.05) is 0 Å². The van der Waals surface area contributed by atoms with Crippen molar-refractivity contribution < 1.29 is 14.8 Å². The molecule has 6 heteroatoms. The van der Waals surface area contributed by atoms with Crippen LogP contribution in [0.15, 0.2) is 12.3 Å². The molecule has 1 aromatic heterocycles. The van der Waals surface area contributed by atoms with Crippen LogP contribution in [0.3, 0.4) is 0 Å². The minimum absolute atomic E-state index is 0.218. The van der Waals surface area contributed by atoms with E-state index in [-0.39, 0.29) is 11.4 Å². The van der Waals surface area contributed by atoms with Gasteiger partial charge in [-0.25, -0.2) is 0 Å². The van der Waals surface area contributed by atoms with Gasteiger partial charge in [0, 0.05) is 11.7 Å². The average Bonchev–Trinajstić information content (AvgIpc) is 2.47. The molecule has 1 amide bonds. The second-order valence-corrected chi connectivity index (χ2v) is 2.82. The first-order valence-corrected chi connectivity index (χ1v) is 3.81. The summed E-state index contributed by atoms with van der Waals surface area (Å²) in [6, 6.07) is 1.44. The van der Waals surface area contributed by atoms with Crippen LogP contribution in [0.4, 0.5) is 0 Å². The summed E-state index contributed by atoms with van der Waals surface area (Å²) in [5.41, 5.74) is 1.30. The Morgan fingerprint density at radius 2 is 2.31 bits per heavy atom. The van der Waals surface area contributed by atoms with E-state index in [4.69, 9.17) is 10.0 Å². The molecule has 1 aliphatic rings. The molecule has 0 saturated heterocycles. The predicted molar refractivity (Wildman–Crippen MR) is 45.2 cm³/mol. The summed E-state index contributed by atoms with van der Waals surface area (Å²) in [5, 5.41) is 20.2. The fourth-order valence-electron chi connectivity index (χ4n) is 1.25. The van der Waals surface area contributed by atoms with Gasteiger partial charge in [-0.05, 0) is 6.07 Å². The van der Waals surface area contributed by atoms with Gasteiger partial charge in [0.25, 0.3) is 5.91 Å². The van der Waals surface area contributed by atoms with Gasteiger partial charge in [0.05, 0.1) is 17.8 Å². The van der Waals surface area contributed by atoms with Gasteiger partial charge in [-0.15, -0.1) is 0 Å². The van der Waals surface area contributed by atoms with Gasteiger partial charge in [-0.2, -0.15) is 0 Å². The first-order chi connectivity index (χ1) is 6.18. The number of pyridine rings is 1. The Morgan fingerprint density at radius 1 is 1.54 bits per heavy atom. The highest BCUT2D eigenvalue weighted by molar-refractivity contribution is 6.58. The smallest absolute Gasteiger partial charge is 0.423 e. The van der Waals surface area contributed by atoms with E-state index in [0.29, 0.717) is 17.8 Å². The molecule has 1 aromatic rings. The molecule has 2 rings (SSSR count). The molecule has 0 aliphatic carbocycles. The Balaban J connectivity index is 2.48. The van der Waals surface area contributed by atoms with E-state index >= 15 is 0 Å². The van der Waals surface area contributed by atoms with Crippen molar-refractivity contribution in [2.45, 2.75) is 6.54 Å². The van der Waals surface area contributed by atoms with Gasteiger partial charge in [-0.1, -0.05) is 0 Å². The zero-order valence-electron chi connectivity index (χ0n) is 6.69. The highest BCUT2D eigenvalue weighted by Gasteiger charge is 2.22. The van der Waals surface area contributed by atoms with Crippen LogP contribution < -0.4 is 10.8 Å². The monoisotopic (exact) mass is 178 g/mol. The van der Waals surface area contributed by atoms with E-state index in [2.05, 4.69) is 10.3 Å². The van der Waals surface area contributed by atoms with Crippen LogP contribution >= 0.6 is 0 Å². The van der Waals surface area contributed by atoms with Crippen molar-refractivity contribution in [2.75, 3.05) is 0 Å². The van der Waals surface area contributed by atoms with Crippen LogP contribution in [-0.4, -0.2) is 28.1 Å². The number of fused-ring (bicyclic) bond motifs is 1. The molecule has 13 heavy (non-hydrogen) atoms. The maximum atomic E-state index is 11.1. The van der Waals surface area contributed by atoms with Crippen molar-refractivity contribution in [3.63, 3.8) is 0 Å². The summed E-state index contributed by atoms with van der Waals surface area (Å²) in [5.74, 6) is -0.218. The van der Waals surface area contributed by atoms with Gasteiger partial charge in [0.15, 0.2) is 0 Å². The summed E-state index contributed by atoms with van der Waals surface area (Å²) in [6.45, 7) is 0.413. The molecular formula is C7H7BN2O3. The molecule has 1 aliphatic heterocycles. The first-order valence-electron chi connectivity index (χ1n) is 3.81. The topological polar surface area (TPSA) is 82.5 Å². The zero-order valence-corrected chi connectivity index (χ0v) is 6.69. The molecule has 0 aromatic carbocycles. The van der Waals surface area contributed by atoms with Crippen molar-refractivity contribution >= 4 is 18.5 Å². The minimum atomic E-state index is -1.58. The fraction of sp³-hybridized carbons (Fsp3) is 0.143. The number of nitrogens with one attached hydrogen (secondary N) is 1. The molecule has 0 bridgehead atoms. The molecule has 0 unspecified atom stereocenters. The fourth-order valence-corrected chi connectivity index (χ4v) is 1.25. The maximum absolute atomic E-state index is 11.1. The van der Waals surface area contributed by atoms with E-state index in [0.717, 1.165) is 0 Å². The number of rotatable bonds is 1. The maximum Gasteiger partial charge on any atom is 0.490 e. The molecule has 0 spiro atoms. The first kappa shape index (κ1) is 8.21. The summed E-state index contributed by atoms with van der Waals surface area (Å²) in [4.78, 5) is 15.1. The highest BCUT2D eigenvalue weighted by atomic mass is 16.4. The third-order valence-electron chi connectivity index (χ3n) is 1.95. The van der Waals surface area contributed by atoms with Crippen LogP contribution in [-0.2, 0) is 6.54 Å². The lowest BCUT2D eigenvalue weighted by Crippen LogP contribution is -2.31. The number of hydrogen-bond acceptors (Lipinski definition) is 4. The van der Waals surface area contributed by atoms with Gasteiger partial charge in [-0.3, -0.25) is 9.78 Å². The molecule has 0 radical (unpaired) electrons. The van der Waals surface area contributed by atoms with Crippen molar-refractivity contribution in [1.29, 1.82) is 0 Å². The molecule has 5 nitrogen and oxygen atoms in total. The van der Waals surface area contributed by atoms with E-state index in [9.17, 15) is 4.79 Å². The summed E-state index contributed by atoms with van der Waals surface area (Å²) in [6.07, 6.45) is 1.35. The van der Waals surface area contributed by atoms with E-state index < -0.39 is 7.12 Å². The van der Waals surface area contributed by atoms with Crippen LogP contribution in [0.5, 0.6) is 0 Å². The Hall–Kier alpha value is -1.40. The Morgan fingerprint density at radius 3 is 3.00 bits per heavy atom. The summed E-state index contributed by atoms with van der Waals surface area (Å²) in [7, 11) is -1.58. The predicted octanol–water partition coefficient (Wildman–Crippen LogP) is -2.00. The van der Waals surface area contributed by atoms with Crippen LogP contribution in [0.1, 0.15) is 16.1 Å². The summed E-state index contributed by atoms with van der Waals surface area (Å²) >= 11 is 0. The summed E-state index contributed by atoms with van der Waals surface area (Å²) < 4.78 is 0. The number of amides is 1. The van der Waals surface area contributed by atoms with Crippen LogP contribution in [0.25, 0.3) is 0 Å². The Kier molecular flexibility index (Phi) is 1.79. The van der Waals surface area contributed by atoms with Crippen LogP contribution in [0, 0.1) is 0 Å². The molecule has 3 N–H and O–H groups in total. The van der Waals surface area contributed by atoms with Crippen LogP contribution in [0.2, 0.25) is 0 Å². The Bertz CT molecular complexity index is 367. The van der Waals surface area contributed by atoms with E-state index in [1.54, 1.807) is 0 Å². The number of carbonyl (C=O) groups excluding carboxylic acids is 1. The third kappa shape index (κ3) is 1.30. The lowest BCUT2D eigenvalue weighted by molar-refractivity contribution is 0.0966. The molecule has 0 atom stereocenters. The van der Waals surface area contributed by atoms with Gasteiger partial charge >= 0.3 is 7.12 Å². The molecular weight excluding hydrogens is 171 g/mol. The SMILES string of the molecule is O=C1NCc2ncc(B(O)O)cc21. The van der Waals surface area contributed by atoms with Gasteiger partial charge < -0.3 is 15.4 Å². The highest BCUT2D eigenvalue weighted by Crippen LogP contribution is 2.09. The van der Waals surface area contributed by atoms with E-state index in [1.165, 1.54) is 12.3 Å². The van der Waals surface area contributed by atoms with Crippen molar-refractivity contribution in [2.24, 2.45) is 0 Å². The lowest BCUT2D eigenvalue weighted by atomic mass is 9.81. The number of hydrogen-bond donors (Lipinski definition) is 3. The largest absolute Gasteiger partial charge is 0.490 e. The number of aromatic nitrogens is 1. The minimum Gasteiger partial charge on any atom is -0.423 e. The molecule has 2 heterocycles. The quantitative estimate of drug-likeness (QED) is 0.434. The second-order valence-electron chi connectivity index (χ2n) is 2.82. The number of carbonyl (C=O) groups is 1. The normalized spacial score (nSPS) is 13.8.